The Bertz CT molecular complexity index is 404. The molecule has 1 heterocycles. The van der Waals surface area contributed by atoms with E-state index in [9.17, 15) is 0 Å². The van der Waals surface area contributed by atoms with Crippen molar-refractivity contribution in [3.8, 4) is 5.69 Å². The second-order valence-electron chi connectivity index (χ2n) is 3.58. The van der Waals surface area contributed by atoms with Gasteiger partial charge in [0.15, 0.2) is 0 Å². The molecule has 1 aromatic heterocycles. The number of benzene rings is 1. The monoisotopic (exact) mass is 217 g/mol. The zero-order chi connectivity index (χ0) is 12.0. The van der Waals surface area contributed by atoms with Gasteiger partial charge in [0, 0.05) is 0 Å². The van der Waals surface area contributed by atoms with E-state index < -0.39 is 0 Å². The molecule has 3 nitrogen and oxygen atoms in total. The molecule has 3 heteroatoms. The summed E-state index contributed by atoms with van der Waals surface area (Å²) in [5.74, 6) is 0.424. The van der Waals surface area contributed by atoms with Crippen LogP contribution in [0, 0.1) is 0 Å². The Morgan fingerprint density at radius 2 is 1.69 bits per heavy atom. The zero-order valence-corrected chi connectivity index (χ0v) is 10.4. The first-order valence-corrected chi connectivity index (χ1v) is 5.75. The van der Waals surface area contributed by atoms with Gasteiger partial charge in [-0.05, 0) is 18.1 Å². The highest BCUT2D eigenvalue weighted by molar-refractivity contribution is 5.30. The van der Waals surface area contributed by atoms with Crippen molar-refractivity contribution in [3.63, 3.8) is 0 Å². The van der Waals surface area contributed by atoms with E-state index in [1.165, 1.54) is 0 Å². The number of aromatic nitrogens is 3. The molecule has 2 aromatic rings. The van der Waals surface area contributed by atoms with Crippen LogP contribution in [0.2, 0.25) is 0 Å². The van der Waals surface area contributed by atoms with Crippen LogP contribution in [-0.4, -0.2) is 15.0 Å². The van der Waals surface area contributed by atoms with E-state index in [-0.39, 0.29) is 0 Å². The summed E-state index contributed by atoms with van der Waals surface area (Å²) in [7, 11) is 0. The third-order valence-corrected chi connectivity index (χ3v) is 2.12. The first kappa shape index (κ1) is 12.4. The average Bonchev–Trinajstić information content (AvgIpc) is 2.82. The molecule has 0 amide bonds. The standard InChI is InChI=1S/C11H13N3.C2H6/c1-9(2)11-8-14(13-12-11)10-6-4-3-5-7-10;1-2/h3-9H,1-2H3;1-2H3. The van der Waals surface area contributed by atoms with E-state index in [1.54, 1.807) is 4.68 Å². The number of hydrogen-bond acceptors (Lipinski definition) is 2. The Hall–Kier alpha value is -1.64. The topological polar surface area (TPSA) is 30.7 Å². The smallest absolute Gasteiger partial charge is 0.0857 e. The van der Waals surface area contributed by atoms with Crippen LogP contribution < -0.4 is 0 Å². The third-order valence-electron chi connectivity index (χ3n) is 2.12. The largest absolute Gasteiger partial charge is 0.220 e. The lowest BCUT2D eigenvalue weighted by Gasteiger charge is -1.98. The fraction of sp³-hybridized carbons (Fsp3) is 0.385. The second-order valence-corrected chi connectivity index (χ2v) is 3.58. The lowest BCUT2D eigenvalue weighted by Crippen LogP contribution is -1.93. The fourth-order valence-electron chi connectivity index (χ4n) is 1.25. The molecule has 0 saturated carbocycles. The van der Waals surface area contributed by atoms with Crippen LogP contribution >= 0.6 is 0 Å². The average molecular weight is 217 g/mol. The Morgan fingerprint density at radius 1 is 1.06 bits per heavy atom. The number of para-hydroxylation sites is 1. The zero-order valence-electron chi connectivity index (χ0n) is 10.4. The molecule has 0 aliphatic carbocycles. The maximum atomic E-state index is 4.11. The highest BCUT2D eigenvalue weighted by Crippen LogP contribution is 2.12. The van der Waals surface area contributed by atoms with Gasteiger partial charge < -0.3 is 0 Å². The molecule has 0 aliphatic heterocycles. The van der Waals surface area contributed by atoms with Crippen molar-refractivity contribution in [2.75, 3.05) is 0 Å². The number of nitrogens with zero attached hydrogens (tertiary/aromatic N) is 3. The van der Waals surface area contributed by atoms with E-state index >= 15 is 0 Å². The molecule has 0 fully saturated rings. The van der Waals surface area contributed by atoms with Crippen LogP contribution in [0.25, 0.3) is 5.69 Å². The summed E-state index contributed by atoms with van der Waals surface area (Å²) >= 11 is 0. The molecule has 0 N–H and O–H groups in total. The maximum absolute atomic E-state index is 4.11. The number of hydrogen-bond donors (Lipinski definition) is 0. The van der Waals surface area contributed by atoms with Crippen LogP contribution in [0.5, 0.6) is 0 Å². The SMILES string of the molecule is CC.CC(C)c1cn(-c2ccccc2)nn1. The fourth-order valence-corrected chi connectivity index (χ4v) is 1.25. The van der Waals surface area contributed by atoms with Crippen molar-refractivity contribution < 1.29 is 0 Å². The first-order chi connectivity index (χ1) is 7.77. The summed E-state index contributed by atoms with van der Waals surface area (Å²) in [5, 5.41) is 8.18. The van der Waals surface area contributed by atoms with Gasteiger partial charge in [-0.1, -0.05) is 51.1 Å². The summed E-state index contributed by atoms with van der Waals surface area (Å²) < 4.78 is 1.80. The summed E-state index contributed by atoms with van der Waals surface area (Å²) in [4.78, 5) is 0. The Kier molecular flexibility index (Phi) is 4.70. The lowest BCUT2D eigenvalue weighted by molar-refractivity contribution is 0.776. The van der Waals surface area contributed by atoms with Crippen molar-refractivity contribution in [1.82, 2.24) is 15.0 Å². The van der Waals surface area contributed by atoms with Crippen LogP contribution in [-0.2, 0) is 0 Å². The van der Waals surface area contributed by atoms with E-state index in [4.69, 9.17) is 0 Å². The second kappa shape index (κ2) is 6.05. The van der Waals surface area contributed by atoms with Crippen molar-refractivity contribution in [1.29, 1.82) is 0 Å². The highest BCUT2D eigenvalue weighted by atomic mass is 15.4. The van der Waals surface area contributed by atoms with E-state index in [0.29, 0.717) is 5.92 Å². The summed E-state index contributed by atoms with van der Waals surface area (Å²) in [5.41, 5.74) is 2.07. The minimum absolute atomic E-state index is 0.424. The van der Waals surface area contributed by atoms with Gasteiger partial charge in [0.25, 0.3) is 0 Å². The van der Waals surface area contributed by atoms with Crippen LogP contribution in [0.4, 0.5) is 0 Å². The predicted octanol–water partition coefficient (Wildman–Crippen LogP) is 3.42. The minimum Gasteiger partial charge on any atom is -0.220 e. The molecular weight excluding hydrogens is 198 g/mol. The predicted molar refractivity (Wildman–Crippen MR) is 66.8 cm³/mol. The molecule has 0 aliphatic rings. The molecule has 2 rings (SSSR count). The summed E-state index contributed by atoms with van der Waals surface area (Å²) in [6.45, 7) is 8.22. The first-order valence-electron chi connectivity index (χ1n) is 5.75. The number of rotatable bonds is 2. The van der Waals surface area contributed by atoms with Crippen molar-refractivity contribution >= 4 is 0 Å². The molecular formula is C13H19N3. The van der Waals surface area contributed by atoms with Gasteiger partial charge in [-0.3, -0.25) is 0 Å². The Morgan fingerprint density at radius 3 is 2.19 bits per heavy atom. The Balaban J connectivity index is 0.000000606. The normalized spacial score (nSPS) is 9.81. The van der Waals surface area contributed by atoms with Gasteiger partial charge in [-0.2, -0.15) is 0 Å². The van der Waals surface area contributed by atoms with Gasteiger partial charge in [0.2, 0.25) is 0 Å². The van der Waals surface area contributed by atoms with E-state index in [2.05, 4.69) is 24.2 Å². The van der Waals surface area contributed by atoms with Gasteiger partial charge in [-0.25, -0.2) is 4.68 Å². The van der Waals surface area contributed by atoms with Gasteiger partial charge in [0.1, 0.15) is 0 Å². The van der Waals surface area contributed by atoms with Gasteiger partial charge >= 0.3 is 0 Å². The molecule has 0 spiro atoms. The van der Waals surface area contributed by atoms with E-state index in [0.717, 1.165) is 11.4 Å². The molecule has 16 heavy (non-hydrogen) atoms. The molecule has 0 unspecified atom stereocenters. The van der Waals surface area contributed by atoms with Crippen molar-refractivity contribution in [2.24, 2.45) is 0 Å². The molecule has 86 valence electrons. The Labute approximate surface area is 97.1 Å². The van der Waals surface area contributed by atoms with Crippen molar-refractivity contribution in [3.05, 3.63) is 42.2 Å². The van der Waals surface area contributed by atoms with E-state index in [1.807, 2.05) is 50.4 Å². The minimum atomic E-state index is 0.424. The van der Waals surface area contributed by atoms with Crippen LogP contribution in [0.1, 0.15) is 39.3 Å². The molecule has 0 saturated heterocycles. The highest BCUT2D eigenvalue weighted by Gasteiger charge is 2.05. The lowest BCUT2D eigenvalue weighted by atomic mass is 10.2. The molecule has 0 radical (unpaired) electrons. The molecule has 0 bridgehead atoms. The summed E-state index contributed by atoms with van der Waals surface area (Å²) in [6, 6.07) is 10.00. The molecule has 0 atom stereocenters. The van der Waals surface area contributed by atoms with Crippen LogP contribution in [0.15, 0.2) is 36.5 Å². The van der Waals surface area contributed by atoms with Gasteiger partial charge in [-0.15, -0.1) is 5.10 Å². The summed E-state index contributed by atoms with van der Waals surface area (Å²) in [6.07, 6.45) is 1.97. The van der Waals surface area contributed by atoms with Gasteiger partial charge in [0.05, 0.1) is 17.6 Å². The van der Waals surface area contributed by atoms with Crippen molar-refractivity contribution in [2.45, 2.75) is 33.6 Å². The molecule has 1 aromatic carbocycles. The maximum Gasteiger partial charge on any atom is 0.0857 e. The quantitative estimate of drug-likeness (QED) is 0.771. The third kappa shape index (κ3) is 2.92. The van der Waals surface area contributed by atoms with Crippen LogP contribution in [0.3, 0.4) is 0 Å².